The maximum atomic E-state index is 12.3. The molecule has 1 saturated heterocycles. The number of anilines is 1. The van der Waals surface area contributed by atoms with E-state index in [0.717, 1.165) is 31.3 Å². The Morgan fingerprint density at radius 2 is 2.12 bits per heavy atom. The fourth-order valence-electron chi connectivity index (χ4n) is 2.77. The van der Waals surface area contributed by atoms with Crippen LogP contribution in [-0.2, 0) is 9.59 Å². The number of aliphatic imine (C=N–C) groups is 1. The number of piperazine rings is 1. The number of amidine groups is 1. The standard InChI is InChI=1S/C17H21ClN4O3S/c1-21-5-7-22(8-6-21)17-20-16(24)14(26-17)10-15(23)19-11-3-4-13(25-2)12(18)9-11/h3-4,9,14H,5-8,10H2,1-2H3,(H,19,23)/t14-/m1/s1. The molecule has 0 radical (unpaired) electrons. The molecular formula is C17H21ClN4O3S. The van der Waals surface area contributed by atoms with Crippen LogP contribution in [0.4, 0.5) is 5.69 Å². The van der Waals surface area contributed by atoms with Crippen LogP contribution in [-0.4, -0.2) is 72.4 Å². The summed E-state index contributed by atoms with van der Waals surface area (Å²) < 4.78 is 5.09. The van der Waals surface area contributed by atoms with Crippen LogP contribution in [0, 0.1) is 0 Å². The first kappa shape index (κ1) is 19.0. The summed E-state index contributed by atoms with van der Waals surface area (Å²) in [4.78, 5) is 32.9. The first-order valence-electron chi connectivity index (χ1n) is 8.32. The molecule has 0 aliphatic carbocycles. The molecule has 0 unspecified atom stereocenters. The summed E-state index contributed by atoms with van der Waals surface area (Å²) in [7, 11) is 3.60. The van der Waals surface area contributed by atoms with Crippen molar-refractivity contribution in [1.29, 1.82) is 0 Å². The van der Waals surface area contributed by atoms with Gasteiger partial charge in [0.15, 0.2) is 5.17 Å². The van der Waals surface area contributed by atoms with Crippen molar-refractivity contribution in [1.82, 2.24) is 9.80 Å². The highest BCUT2D eigenvalue weighted by molar-refractivity contribution is 8.15. The van der Waals surface area contributed by atoms with Gasteiger partial charge in [0, 0.05) is 38.3 Å². The lowest BCUT2D eigenvalue weighted by atomic mass is 10.2. The van der Waals surface area contributed by atoms with E-state index in [1.165, 1.54) is 18.9 Å². The molecule has 1 aromatic rings. The molecule has 26 heavy (non-hydrogen) atoms. The van der Waals surface area contributed by atoms with Crippen molar-refractivity contribution in [3.05, 3.63) is 23.2 Å². The van der Waals surface area contributed by atoms with E-state index in [2.05, 4.69) is 27.2 Å². The molecule has 0 spiro atoms. The Kier molecular flexibility index (Phi) is 6.05. The number of benzene rings is 1. The Balaban J connectivity index is 1.54. The third kappa shape index (κ3) is 4.49. The third-order valence-electron chi connectivity index (χ3n) is 4.31. The average Bonchev–Trinajstić information content (AvgIpc) is 2.96. The third-order valence-corrected chi connectivity index (χ3v) is 5.82. The molecule has 1 N–H and O–H groups in total. The van der Waals surface area contributed by atoms with Gasteiger partial charge in [0.2, 0.25) is 5.91 Å². The van der Waals surface area contributed by atoms with Gasteiger partial charge in [-0.3, -0.25) is 9.59 Å². The minimum atomic E-state index is -0.474. The summed E-state index contributed by atoms with van der Waals surface area (Å²) in [5, 5.41) is 3.44. The van der Waals surface area contributed by atoms with Crippen LogP contribution in [0.25, 0.3) is 0 Å². The van der Waals surface area contributed by atoms with Crippen molar-refractivity contribution in [2.24, 2.45) is 4.99 Å². The summed E-state index contributed by atoms with van der Waals surface area (Å²) in [6.45, 7) is 3.58. The zero-order chi connectivity index (χ0) is 18.7. The molecule has 1 aromatic carbocycles. The molecule has 2 aliphatic heterocycles. The molecule has 0 aromatic heterocycles. The highest BCUT2D eigenvalue weighted by Crippen LogP contribution is 2.29. The normalized spacial score (nSPS) is 20.9. The van der Waals surface area contributed by atoms with Gasteiger partial charge in [-0.2, -0.15) is 4.99 Å². The summed E-state index contributed by atoms with van der Waals surface area (Å²) >= 11 is 7.44. The van der Waals surface area contributed by atoms with Gasteiger partial charge in [-0.25, -0.2) is 0 Å². The molecule has 9 heteroatoms. The molecule has 0 bridgehead atoms. The Hall–Kier alpha value is -1.77. The van der Waals surface area contributed by atoms with Crippen molar-refractivity contribution in [2.45, 2.75) is 11.7 Å². The molecule has 2 aliphatic rings. The molecule has 2 amide bonds. The van der Waals surface area contributed by atoms with Gasteiger partial charge in [-0.05, 0) is 25.2 Å². The second-order valence-corrected chi connectivity index (χ2v) is 7.81. The predicted molar refractivity (Wildman–Crippen MR) is 104 cm³/mol. The second kappa shape index (κ2) is 8.28. The number of likely N-dealkylation sites (N-methyl/N-ethyl adjacent to an activating group) is 1. The highest BCUT2D eigenvalue weighted by Gasteiger charge is 2.33. The topological polar surface area (TPSA) is 74.2 Å². The molecule has 0 saturated carbocycles. The maximum absolute atomic E-state index is 12.3. The number of amides is 2. The van der Waals surface area contributed by atoms with Crippen molar-refractivity contribution < 1.29 is 14.3 Å². The van der Waals surface area contributed by atoms with Crippen LogP contribution >= 0.6 is 23.4 Å². The van der Waals surface area contributed by atoms with Gasteiger partial charge in [-0.15, -0.1) is 0 Å². The van der Waals surface area contributed by atoms with Crippen LogP contribution < -0.4 is 10.1 Å². The van der Waals surface area contributed by atoms with Crippen molar-refractivity contribution in [3.63, 3.8) is 0 Å². The first-order valence-corrected chi connectivity index (χ1v) is 9.58. The largest absolute Gasteiger partial charge is 0.495 e. The smallest absolute Gasteiger partial charge is 0.262 e. The lowest BCUT2D eigenvalue weighted by Gasteiger charge is -2.33. The van der Waals surface area contributed by atoms with Crippen LogP contribution in [0.15, 0.2) is 23.2 Å². The Morgan fingerprint density at radius 1 is 1.38 bits per heavy atom. The fraction of sp³-hybridized carbons (Fsp3) is 0.471. The maximum Gasteiger partial charge on any atom is 0.262 e. The van der Waals surface area contributed by atoms with E-state index >= 15 is 0 Å². The SMILES string of the molecule is COc1ccc(NC(=O)C[C@H]2SC(N3CCN(C)CC3)=NC2=O)cc1Cl. The number of ether oxygens (including phenoxy) is 1. The van der Waals surface area contributed by atoms with Gasteiger partial charge < -0.3 is 19.9 Å². The van der Waals surface area contributed by atoms with Gasteiger partial charge in [-0.1, -0.05) is 23.4 Å². The number of rotatable bonds is 4. The number of halogens is 1. The number of hydrogen-bond donors (Lipinski definition) is 1. The van der Waals surface area contributed by atoms with Gasteiger partial charge in [0.1, 0.15) is 11.0 Å². The monoisotopic (exact) mass is 396 g/mol. The molecule has 1 atom stereocenters. The van der Waals surface area contributed by atoms with Gasteiger partial charge >= 0.3 is 0 Å². The zero-order valence-corrected chi connectivity index (χ0v) is 16.3. The molecular weight excluding hydrogens is 376 g/mol. The minimum Gasteiger partial charge on any atom is -0.495 e. The number of methoxy groups -OCH3 is 1. The predicted octanol–water partition coefficient (Wildman–Crippen LogP) is 1.92. The summed E-state index contributed by atoms with van der Waals surface area (Å²) in [5.41, 5.74) is 0.566. The van der Waals surface area contributed by atoms with E-state index in [0.29, 0.717) is 16.5 Å². The van der Waals surface area contributed by atoms with Crippen LogP contribution in [0.1, 0.15) is 6.42 Å². The number of carbonyl (C=O) groups excluding carboxylic acids is 2. The fourth-order valence-corrected chi connectivity index (χ4v) is 4.14. The number of thioether (sulfide) groups is 1. The average molecular weight is 397 g/mol. The first-order chi connectivity index (χ1) is 12.5. The van der Waals surface area contributed by atoms with E-state index < -0.39 is 5.25 Å². The lowest BCUT2D eigenvalue weighted by molar-refractivity contribution is -0.121. The molecule has 2 heterocycles. The molecule has 3 rings (SSSR count). The van der Waals surface area contributed by atoms with Crippen LogP contribution in [0.5, 0.6) is 5.75 Å². The van der Waals surface area contributed by atoms with Crippen LogP contribution in [0.2, 0.25) is 5.02 Å². The van der Waals surface area contributed by atoms with Gasteiger partial charge in [0.05, 0.1) is 12.1 Å². The van der Waals surface area contributed by atoms with Crippen LogP contribution in [0.3, 0.4) is 0 Å². The Labute approximate surface area is 161 Å². The van der Waals surface area contributed by atoms with E-state index in [1.54, 1.807) is 18.2 Å². The van der Waals surface area contributed by atoms with Crippen molar-refractivity contribution in [3.8, 4) is 5.75 Å². The lowest BCUT2D eigenvalue weighted by Crippen LogP contribution is -2.46. The summed E-state index contributed by atoms with van der Waals surface area (Å²) in [6.07, 6.45) is 0.0773. The minimum absolute atomic E-state index is 0.0773. The number of carbonyl (C=O) groups is 2. The van der Waals surface area contributed by atoms with E-state index in [9.17, 15) is 9.59 Å². The number of nitrogens with one attached hydrogen (secondary N) is 1. The number of hydrogen-bond acceptors (Lipinski definition) is 6. The molecule has 1 fully saturated rings. The summed E-state index contributed by atoms with van der Waals surface area (Å²) in [6, 6.07) is 5.01. The Bertz CT molecular complexity index is 735. The van der Waals surface area contributed by atoms with E-state index in [-0.39, 0.29) is 18.2 Å². The second-order valence-electron chi connectivity index (χ2n) is 6.23. The van der Waals surface area contributed by atoms with Gasteiger partial charge in [0.25, 0.3) is 5.91 Å². The Morgan fingerprint density at radius 3 is 2.77 bits per heavy atom. The highest BCUT2D eigenvalue weighted by atomic mass is 35.5. The zero-order valence-electron chi connectivity index (χ0n) is 14.7. The van der Waals surface area contributed by atoms with E-state index in [1.807, 2.05) is 0 Å². The molecule has 140 valence electrons. The summed E-state index contributed by atoms with van der Waals surface area (Å²) in [5.74, 6) is 0.0511. The molecule has 7 nitrogen and oxygen atoms in total. The van der Waals surface area contributed by atoms with Crippen molar-refractivity contribution >= 4 is 46.0 Å². The quantitative estimate of drug-likeness (QED) is 0.838. The number of nitrogens with zero attached hydrogens (tertiary/aromatic N) is 3. The van der Waals surface area contributed by atoms with E-state index in [4.69, 9.17) is 16.3 Å². The van der Waals surface area contributed by atoms with Crippen molar-refractivity contribution in [2.75, 3.05) is 45.7 Å².